The van der Waals surface area contributed by atoms with Crippen LogP contribution in [0.5, 0.6) is 5.75 Å². The molecule has 0 radical (unpaired) electrons. The number of benzene rings is 1. The van der Waals surface area contributed by atoms with Gasteiger partial charge in [-0.05, 0) is 56.6 Å². The maximum Gasteiger partial charge on any atom is 0.146 e. The van der Waals surface area contributed by atoms with Crippen molar-refractivity contribution in [2.24, 2.45) is 0 Å². The average Bonchev–Trinajstić information content (AvgIpc) is 3.01. The number of ether oxygens (including phenoxy) is 1. The van der Waals surface area contributed by atoms with Crippen molar-refractivity contribution in [1.82, 2.24) is 15.3 Å². The van der Waals surface area contributed by atoms with E-state index in [2.05, 4.69) is 10.3 Å². The Balaban J connectivity index is 1.95. The quantitative estimate of drug-likeness (QED) is 0.930. The van der Waals surface area contributed by atoms with E-state index in [0.29, 0.717) is 6.04 Å². The first-order chi connectivity index (χ1) is 9.76. The molecule has 1 saturated heterocycles. The maximum absolute atomic E-state index is 5.19. The molecule has 2 aromatic rings. The zero-order valence-corrected chi connectivity index (χ0v) is 11.9. The van der Waals surface area contributed by atoms with E-state index in [1.165, 1.54) is 6.42 Å². The summed E-state index contributed by atoms with van der Waals surface area (Å²) in [5, 5.41) is 3.45. The molecular weight excluding hydrogens is 250 g/mol. The van der Waals surface area contributed by atoms with Crippen LogP contribution in [0, 0.1) is 6.92 Å². The van der Waals surface area contributed by atoms with Gasteiger partial charge in [-0.1, -0.05) is 0 Å². The Morgan fingerprint density at radius 3 is 2.65 bits per heavy atom. The highest BCUT2D eigenvalue weighted by Gasteiger charge is 2.19. The largest absolute Gasteiger partial charge is 0.497 e. The number of hydrogen-bond acceptors (Lipinski definition) is 4. The van der Waals surface area contributed by atoms with E-state index >= 15 is 0 Å². The van der Waals surface area contributed by atoms with Crippen molar-refractivity contribution in [1.29, 1.82) is 0 Å². The third-order valence-electron chi connectivity index (χ3n) is 3.63. The first-order valence-corrected chi connectivity index (χ1v) is 6.99. The normalized spacial score (nSPS) is 18.2. The van der Waals surface area contributed by atoms with E-state index in [0.717, 1.165) is 41.5 Å². The topological polar surface area (TPSA) is 47.0 Å². The molecule has 0 aliphatic carbocycles. The number of methoxy groups -OCH3 is 1. The van der Waals surface area contributed by atoms with Crippen molar-refractivity contribution in [2.45, 2.75) is 25.8 Å². The first kappa shape index (κ1) is 13.1. The number of aromatic nitrogens is 2. The average molecular weight is 269 g/mol. The van der Waals surface area contributed by atoms with Crippen molar-refractivity contribution in [3.8, 4) is 17.0 Å². The van der Waals surface area contributed by atoms with E-state index in [1.807, 2.05) is 37.3 Å². The van der Waals surface area contributed by atoms with Crippen molar-refractivity contribution in [3.63, 3.8) is 0 Å². The zero-order chi connectivity index (χ0) is 13.9. The Hall–Kier alpha value is -1.94. The lowest BCUT2D eigenvalue weighted by Gasteiger charge is -2.11. The number of nitrogens with zero attached hydrogens (tertiary/aromatic N) is 2. The molecule has 1 fully saturated rings. The Labute approximate surface area is 119 Å². The smallest absolute Gasteiger partial charge is 0.146 e. The summed E-state index contributed by atoms with van der Waals surface area (Å²) in [6.07, 6.45) is 2.31. The predicted molar refractivity (Wildman–Crippen MR) is 78.7 cm³/mol. The van der Waals surface area contributed by atoms with Crippen LogP contribution >= 0.6 is 0 Å². The fraction of sp³-hybridized carbons (Fsp3) is 0.375. The Kier molecular flexibility index (Phi) is 3.65. The summed E-state index contributed by atoms with van der Waals surface area (Å²) in [7, 11) is 1.67. The molecule has 3 rings (SSSR count). The van der Waals surface area contributed by atoms with Gasteiger partial charge in [0.15, 0.2) is 0 Å². The molecule has 0 bridgehead atoms. The first-order valence-electron chi connectivity index (χ1n) is 6.99. The number of rotatable bonds is 3. The molecule has 4 nitrogen and oxygen atoms in total. The highest BCUT2D eigenvalue weighted by molar-refractivity contribution is 5.60. The lowest BCUT2D eigenvalue weighted by Crippen LogP contribution is -2.16. The fourth-order valence-corrected chi connectivity index (χ4v) is 2.56. The molecule has 1 atom stereocenters. The molecule has 0 spiro atoms. The monoisotopic (exact) mass is 269 g/mol. The standard InChI is InChI=1S/C16H19N3O/c1-11-10-15(12-5-7-13(20-2)8-6-12)19-16(18-11)14-4-3-9-17-14/h5-8,10,14,17H,3-4,9H2,1-2H3. The second kappa shape index (κ2) is 5.59. The number of hydrogen-bond donors (Lipinski definition) is 1. The van der Waals surface area contributed by atoms with Gasteiger partial charge in [-0.15, -0.1) is 0 Å². The van der Waals surface area contributed by atoms with E-state index in [1.54, 1.807) is 7.11 Å². The van der Waals surface area contributed by atoms with Crippen LogP contribution in [0.1, 0.15) is 30.4 Å². The van der Waals surface area contributed by atoms with Gasteiger partial charge in [0.25, 0.3) is 0 Å². The summed E-state index contributed by atoms with van der Waals surface area (Å²) in [5.74, 6) is 1.77. The lowest BCUT2D eigenvalue weighted by atomic mass is 10.1. The molecule has 0 amide bonds. The van der Waals surface area contributed by atoms with Gasteiger partial charge in [0.05, 0.1) is 18.8 Å². The van der Waals surface area contributed by atoms with Crippen LogP contribution in [-0.2, 0) is 0 Å². The van der Waals surface area contributed by atoms with Crippen LogP contribution in [0.3, 0.4) is 0 Å². The summed E-state index contributed by atoms with van der Waals surface area (Å²) in [5.41, 5.74) is 3.08. The Morgan fingerprint density at radius 1 is 1.20 bits per heavy atom. The zero-order valence-electron chi connectivity index (χ0n) is 11.9. The highest BCUT2D eigenvalue weighted by atomic mass is 16.5. The lowest BCUT2D eigenvalue weighted by molar-refractivity contribution is 0.415. The molecule has 1 aliphatic heterocycles. The van der Waals surface area contributed by atoms with Crippen molar-refractivity contribution < 1.29 is 4.74 Å². The minimum atomic E-state index is 0.298. The number of aryl methyl sites for hydroxylation is 1. The van der Waals surface area contributed by atoms with Crippen LogP contribution in [0.4, 0.5) is 0 Å². The van der Waals surface area contributed by atoms with Gasteiger partial charge in [-0.3, -0.25) is 0 Å². The fourth-order valence-electron chi connectivity index (χ4n) is 2.56. The van der Waals surface area contributed by atoms with Crippen LogP contribution in [0.2, 0.25) is 0 Å². The van der Waals surface area contributed by atoms with Gasteiger partial charge < -0.3 is 10.1 Å². The predicted octanol–water partition coefficient (Wildman–Crippen LogP) is 2.89. The summed E-state index contributed by atoms with van der Waals surface area (Å²) in [6, 6.07) is 10.3. The molecule has 1 aromatic heterocycles. The van der Waals surface area contributed by atoms with Gasteiger partial charge >= 0.3 is 0 Å². The molecular formula is C16H19N3O. The van der Waals surface area contributed by atoms with Crippen LogP contribution in [0.15, 0.2) is 30.3 Å². The Bertz CT molecular complexity index is 589. The van der Waals surface area contributed by atoms with E-state index < -0.39 is 0 Å². The summed E-state index contributed by atoms with van der Waals surface area (Å²) >= 11 is 0. The highest BCUT2D eigenvalue weighted by Crippen LogP contribution is 2.25. The van der Waals surface area contributed by atoms with Gasteiger partial charge in [0.2, 0.25) is 0 Å². The second-order valence-corrected chi connectivity index (χ2v) is 5.13. The molecule has 1 aromatic carbocycles. The summed E-state index contributed by atoms with van der Waals surface area (Å²) < 4.78 is 5.19. The molecule has 2 heterocycles. The molecule has 20 heavy (non-hydrogen) atoms. The van der Waals surface area contributed by atoms with Crippen LogP contribution in [0.25, 0.3) is 11.3 Å². The summed E-state index contributed by atoms with van der Waals surface area (Å²) in [6.45, 7) is 3.08. The minimum absolute atomic E-state index is 0.298. The number of nitrogens with one attached hydrogen (secondary N) is 1. The van der Waals surface area contributed by atoms with Gasteiger partial charge in [-0.25, -0.2) is 9.97 Å². The van der Waals surface area contributed by atoms with Crippen molar-refractivity contribution in [2.75, 3.05) is 13.7 Å². The van der Waals surface area contributed by atoms with Crippen LogP contribution in [-0.4, -0.2) is 23.6 Å². The van der Waals surface area contributed by atoms with Gasteiger partial charge in [0, 0.05) is 11.3 Å². The molecule has 1 aliphatic rings. The molecule has 4 heteroatoms. The van der Waals surface area contributed by atoms with Crippen LogP contribution < -0.4 is 10.1 Å². The summed E-state index contributed by atoms with van der Waals surface area (Å²) in [4.78, 5) is 9.30. The third-order valence-corrected chi connectivity index (χ3v) is 3.63. The molecule has 104 valence electrons. The van der Waals surface area contributed by atoms with Gasteiger partial charge in [-0.2, -0.15) is 0 Å². The van der Waals surface area contributed by atoms with Crippen molar-refractivity contribution in [3.05, 3.63) is 41.9 Å². The SMILES string of the molecule is COc1ccc(-c2cc(C)nc(C3CCCN3)n2)cc1. The molecule has 0 saturated carbocycles. The van der Waals surface area contributed by atoms with Gasteiger partial charge in [0.1, 0.15) is 11.6 Å². The van der Waals surface area contributed by atoms with E-state index in [9.17, 15) is 0 Å². The van der Waals surface area contributed by atoms with E-state index in [-0.39, 0.29) is 0 Å². The molecule has 1 unspecified atom stereocenters. The second-order valence-electron chi connectivity index (χ2n) is 5.13. The Morgan fingerprint density at radius 2 is 2.00 bits per heavy atom. The minimum Gasteiger partial charge on any atom is -0.497 e. The molecule has 1 N–H and O–H groups in total. The maximum atomic E-state index is 5.19. The van der Waals surface area contributed by atoms with E-state index in [4.69, 9.17) is 9.72 Å². The van der Waals surface area contributed by atoms with Crippen molar-refractivity contribution >= 4 is 0 Å². The third kappa shape index (κ3) is 2.65.